The topological polar surface area (TPSA) is 129 Å². The van der Waals surface area contributed by atoms with Crippen LogP contribution in [-0.4, -0.2) is 32.8 Å². The maximum atomic E-state index is 11.2. The molecule has 1 aromatic carbocycles. The van der Waals surface area contributed by atoms with E-state index in [1.165, 1.54) is 0 Å². The van der Waals surface area contributed by atoms with E-state index in [0.29, 0.717) is 11.3 Å². The van der Waals surface area contributed by atoms with Crippen LogP contribution in [0.5, 0.6) is 11.8 Å². The summed E-state index contributed by atoms with van der Waals surface area (Å²) >= 11 is 0. The highest BCUT2D eigenvalue weighted by Gasteiger charge is 2.46. The van der Waals surface area contributed by atoms with E-state index >= 15 is 0 Å². The van der Waals surface area contributed by atoms with Crippen LogP contribution in [0.1, 0.15) is 5.56 Å². The van der Waals surface area contributed by atoms with Crippen molar-refractivity contribution in [3.63, 3.8) is 0 Å². The van der Waals surface area contributed by atoms with Crippen molar-refractivity contribution in [2.24, 2.45) is 5.73 Å². The predicted octanol–water partition coefficient (Wildman–Crippen LogP) is 1.01. The zero-order valence-corrected chi connectivity index (χ0v) is 12.8. The second-order valence-corrected chi connectivity index (χ2v) is 5.42. The number of carbonyl (C=O) groups is 2. The molecule has 9 nitrogen and oxygen atoms in total. The summed E-state index contributed by atoms with van der Waals surface area (Å²) < 4.78 is 15.2. The molecule has 1 aliphatic heterocycles. The van der Waals surface area contributed by atoms with E-state index in [-0.39, 0.29) is 12.4 Å². The fraction of sp³-hybridized carbons (Fsp3) is 0.125. The molecule has 0 atom stereocenters. The number of H-pyrrole nitrogens is 1. The molecule has 1 aliphatic rings. The predicted molar refractivity (Wildman–Crippen MR) is 83.2 cm³/mol. The van der Waals surface area contributed by atoms with E-state index in [1.54, 1.807) is 36.8 Å². The number of aromatic amines is 1. The molecule has 126 valence electrons. The van der Waals surface area contributed by atoms with Gasteiger partial charge in [-0.3, -0.25) is 5.73 Å². The summed E-state index contributed by atoms with van der Waals surface area (Å²) in [6, 6.07) is 7.23. The molecule has 4 rings (SSSR count). The SMILES string of the molecule is NC1(Cc2c[nH]c3ccc(Oc4ncccn4)cc23)OC(=O)C(=O)O1. The van der Waals surface area contributed by atoms with Crippen LogP contribution in [0.2, 0.25) is 0 Å². The van der Waals surface area contributed by atoms with Gasteiger partial charge in [0.2, 0.25) is 0 Å². The first-order valence-electron chi connectivity index (χ1n) is 7.32. The molecule has 3 N–H and O–H groups in total. The quantitative estimate of drug-likeness (QED) is 0.531. The van der Waals surface area contributed by atoms with E-state index in [4.69, 9.17) is 19.9 Å². The van der Waals surface area contributed by atoms with E-state index in [2.05, 4.69) is 15.0 Å². The average Bonchev–Trinajstić information content (AvgIpc) is 3.09. The Hall–Kier alpha value is -3.46. The van der Waals surface area contributed by atoms with Gasteiger partial charge in [-0.15, -0.1) is 0 Å². The maximum absolute atomic E-state index is 11.2. The number of hydrogen-bond acceptors (Lipinski definition) is 8. The first-order chi connectivity index (χ1) is 12.0. The molecule has 3 heterocycles. The summed E-state index contributed by atoms with van der Waals surface area (Å²) in [5.41, 5.74) is 7.34. The number of benzene rings is 1. The lowest BCUT2D eigenvalue weighted by atomic mass is 10.1. The first-order valence-corrected chi connectivity index (χ1v) is 7.32. The highest BCUT2D eigenvalue weighted by atomic mass is 16.8. The molecule has 3 aromatic rings. The van der Waals surface area contributed by atoms with Crippen LogP contribution >= 0.6 is 0 Å². The van der Waals surface area contributed by atoms with Crippen molar-refractivity contribution >= 4 is 22.8 Å². The third-order valence-corrected chi connectivity index (χ3v) is 3.62. The largest absolute Gasteiger partial charge is 0.424 e. The molecule has 0 aliphatic carbocycles. The van der Waals surface area contributed by atoms with Gasteiger partial charge in [-0.1, -0.05) is 0 Å². The van der Waals surface area contributed by atoms with E-state index < -0.39 is 17.8 Å². The molecule has 0 radical (unpaired) electrons. The minimum atomic E-state index is -1.82. The van der Waals surface area contributed by atoms with Crippen LogP contribution in [0.15, 0.2) is 42.9 Å². The smallest absolute Gasteiger partial charge is 0.421 e. The summed E-state index contributed by atoms with van der Waals surface area (Å²) in [5.74, 6) is -3.51. The number of rotatable bonds is 4. The maximum Gasteiger partial charge on any atom is 0.421 e. The second kappa shape index (κ2) is 5.56. The van der Waals surface area contributed by atoms with Gasteiger partial charge >= 0.3 is 23.9 Å². The highest BCUT2D eigenvalue weighted by molar-refractivity contribution is 6.31. The normalized spacial score (nSPS) is 15.9. The number of ether oxygens (including phenoxy) is 3. The van der Waals surface area contributed by atoms with Crippen molar-refractivity contribution in [1.29, 1.82) is 0 Å². The second-order valence-electron chi connectivity index (χ2n) is 5.42. The van der Waals surface area contributed by atoms with Crippen molar-refractivity contribution in [1.82, 2.24) is 15.0 Å². The van der Waals surface area contributed by atoms with Gasteiger partial charge in [0.25, 0.3) is 0 Å². The van der Waals surface area contributed by atoms with Crippen LogP contribution < -0.4 is 10.5 Å². The van der Waals surface area contributed by atoms with Gasteiger partial charge in [0, 0.05) is 29.5 Å². The van der Waals surface area contributed by atoms with Crippen LogP contribution in [0, 0.1) is 0 Å². The fourth-order valence-electron chi connectivity index (χ4n) is 2.57. The molecule has 9 heteroatoms. The summed E-state index contributed by atoms with van der Waals surface area (Å²) in [6.07, 6.45) is 4.84. The molecule has 25 heavy (non-hydrogen) atoms. The summed E-state index contributed by atoms with van der Waals surface area (Å²) in [4.78, 5) is 33.5. The molecule has 0 spiro atoms. The Bertz CT molecular complexity index is 953. The Morgan fingerprint density at radius 1 is 1.16 bits per heavy atom. The number of nitrogens with zero attached hydrogens (tertiary/aromatic N) is 2. The molecular formula is C16H12N4O5. The van der Waals surface area contributed by atoms with Gasteiger partial charge in [-0.2, -0.15) is 0 Å². The van der Waals surface area contributed by atoms with Crippen molar-refractivity contribution < 1.29 is 23.8 Å². The number of fused-ring (bicyclic) bond motifs is 1. The van der Waals surface area contributed by atoms with Crippen molar-refractivity contribution in [2.45, 2.75) is 12.3 Å². The van der Waals surface area contributed by atoms with Crippen molar-refractivity contribution in [2.75, 3.05) is 0 Å². The number of carbonyl (C=O) groups excluding carboxylic acids is 2. The highest BCUT2D eigenvalue weighted by Crippen LogP contribution is 2.29. The monoisotopic (exact) mass is 340 g/mol. The lowest BCUT2D eigenvalue weighted by molar-refractivity contribution is -0.175. The Morgan fingerprint density at radius 3 is 2.60 bits per heavy atom. The zero-order valence-electron chi connectivity index (χ0n) is 12.8. The lowest BCUT2D eigenvalue weighted by Crippen LogP contribution is -2.43. The Balaban J connectivity index is 1.63. The van der Waals surface area contributed by atoms with Gasteiger partial charge < -0.3 is 19.2 Å². The van der Waals surface area contributed by atoms with Gasteiger partial charge in [-0.05, 0) is 29.8 Å². The van der Waals surface area contributed by atoms with Crippen LogP contribution in [0.3, 0.4) is 0 Å². The molecule has 0 unspecified atom stereocenters. The fourth-order valence-corrected chi connectivity index (χ4v) is 2.57. The van der Waals surface area contributed by atoms with Gasteiger partial charge in [-0.25, -0.2) is 19.6 Å². The zero-order chi connectivity index (χ0) is 17.4. The minimum absolute atomic E-state index is 0.00420. The molecular weight excluding hydrogens is 328 g/mol. The van der Waals surface area contributed by atoms with E-state index in [9.17, 15) is 9.59 Å². The summed E-state index contributed by atoms with van der Waals surface area (Å²) in [6.45, 7) is 0. The Labute approximate surface area is 140 Å². The van der Waals surface area contributed by atoms with Crippen molar-refractivity contribution in [3.8, 4) is 11.8 Å². The van der Waals surface area contributed by atoms with Crippen LogP contribution in [0.4, 0.5) is 0 Å². The number of cyclic esters (lactones) is 2. The van der Waals surface area contributed by atoms with Crippen molar-refractivity contribution in [3.05, 3.63) is 48.4 Å². The van der Waals surface area contributed by atoms with Crippen LogP contribution in [-0.2, 0) is 25.5 Å². The molecule has 2 aromatic heterocycles. The lowest BCUT2D eigenvalue weighted by Gasteiger charge is -2.19. The van der Waals surface area contributed by atoms with Gasteiger partial charge in [0.05, 0.1) is 6.42 Å². The molecule has 1 saturated heterocycles. The van der Waals surface area contributed by atoms with Gasteiger partial charge in [0.1, 0.15) is 5.75 Å². The van der Waals surface area contributed by atoms with E-state index in [0.717, 1.165) is 10.9 Å². The molecule has 0 bridgehead atoms. The number of esters is 2. The minimum Gasteiger partial charge on any atom is -0.424 e. The first kappa shape index (κ1) is 15.1. The standard InChI is InChI=1S/C16H12N4O5/c17-16(24-13(21)14(22)25-16)7-9-8-20-12-3-2-10(6-11(9)12)23-15-18-4-1-5-19-15/h1-6,8,20H,7,17H2. The third-order valence-electron chi connectivity index (χ3n) is 3.62. The molecule has 1 fully saturated rings. The Kier molecular flexibility index (Phi) is 3.36. The number of nitrogens with one attached hydrogen (secondary N) is 1. The third kappa shape index (κ3) is 2.88. The number of aromatic nitrogens is 3. The van der Waals surface area contributed by atoms with E-state index in [1.807, 2.05) is 6.07 Å². The molecule has 0 amide bonds. The van der Waals surface area contributed by atoms with Gasteiger partial charge in [0.15, 0.2) is 0 Å². The molecule has 0 saturated carbocycles. The summed E-state index contributed by atoms with van der Waals surface area (Å²) in [7, 11) is 0. The average molecular weight is 340 g/mol. The number of hydrogen-bond donors (Lipinski definition) is 2. The van der Waals surface area contributed by atoms with Crippen LogP contribution in [0.25, 0.3) is 10.9 Å². The number of nitrogens with two attached hydrogens (primary N) is 1. The Morgan fingerprint density at radius 2 is 1.88 bits per heavy atom. The summed E-state index contributed by atoms with van der Waals surface area (Å²) in [5, 5.41) is 0.775.